The Bertz CT molecular complexity index is 357. The van der Waals surface area contributed by atoms with Crippen LogP contribution in [-0.2, 0) is 4.74 Å². The Kier molecular flexibility index (Phi) is 4.36. The van der Waals surface area contributed by atoms with E-state index in [-0.39, 0.29) is 0 Å². The van der Waals surface area contributed by atoms with Gasteiger partial charge in [-0.15, -0.1) is 0 Å². The Morgan fingerprint density at radius 3 is 2.62 bits per heavy atom. The summed E-state index contributed by atoms with van der Waals surface area (Å²) in [5, 5.41) is 4.56. The van der Waals surface area contributed by atoms with E-state index >= 15 is 0 Å². The molecule has 0 bridgehead atoms. The molecule has 1 heterocycles. The zero-order chi connectivity index (χ0) is 11.5. The molecular formula is C11H12BrCl2NO. The van der Waals surface area contributed by atoms with Crippen molar-refractivity contribution in [2.24, 2.45) is 5.92 Å². The van der Waals surface area contributed by atoms with E-state index < -0.39 is 0 Å². The molecule has 1 aliphatic heterocycles. The molecular weight excluding hydrogens is 313 g/mol. The van der Waals surface area contributed by atoms with Gasteiger partial charge < -0.3 is 10.1 Å². The third-order valence-corrected chi connectivity index (χ3v) is 3.65. The van der Waals surface area contributed by atoms with Crippen molar-refractivity contribution >= 4 is 44.8 Å². The molecule has 5 heteroatoms. The van der Waals surface area contributed by atoms with Gasteiger partial charge in [-0.1, -0.05) is 39.1 Å². The molecule has 0 radical (unpaired) electrons. The minimum absolute atomic E-state index is 0.552. The van der Waals surface area contributed by atoms with Crippen molar-refractivity contribution in [3.05, 3.63) is 26.7 Å². The fraction of sp³-hybridized carbons (Fsp3) is 0.455. The standard InChI is InChI=1S/C11H12BrCl2NO/c12-8-3-9(13)11(10(14)4-8)15-5-7-1-2-16-6-7/h3-4,7,15H,1-2,5-6H2. The maximum absolute atomic E-state index is 6.11. The van der Waals surface area contributed by atoms with Crippen LogP contribution in [0.1, 0.15) is 6.42 Å². The molecule has 0 aromatic heterocycles. The number of rotatable bonds is 3. The van der Waals surface area contributed by atoms with Crippen molar-refractivity contribution < 1.29 is 4.74 Å². The van der Waals surface area contributed by atoms with E-state index in [1.165, 1.54) is 0 Å². The summed E-state index contributed by atoms with van der Waals surface area (Å²) in [6, 6.07) is 3.67. The fourth-order valence-electron chi connectivity index (χ4n) is 1.70. The molecule has 88 valence electrons. The number of hydrogen-bond donors (Lipinski definition) is 1. The summed E-state index contributed by atoms with van der Waals surface area (Å²) in [6.07, 6.45) is 1.10. The lowest BCUT2D eigenvalue weighted by molar-refractivity contribution is 0.187. The molecule has 1 aromatic rings. The Morgan fingerprint density at radius 2 is 2.06 bits per heavy atom. The highest BCUT2D eigenvalue weighted by Gasteiger charge is 2.16. The van der Waals surface area contributed by atoms with Crippen LogP contribution in [0.2, 0.25) is 10.0 Å². The third-order valence-electron chi connectivity index (χ3n) is 2.60. The van der Waals surface area contributed by atoms with Gasteiger partial charge in [-0.3, -0.25) is 0 Å². The monoisotopic (exact) mass is 323 g/mol. The second-order valence-electron chi connectivity index (χ2n) is 3.85. The molecule has 1 aromatic carbocycles. The van der Waals surface area contributed by atoms with Crippen LogP contribution in [0, 0.1) is 5.92 Å². The van der Waals surface area contributed by atoms with Crippen LogP contribution in [0.15, 0.2) is 16.6 Å². The number of ether oxygens (including phenoxy) is 1. The molecule has 0 amide bonds. The van der Waals surface area contributed by atoms with Gasteiger partial charge in [0.2, 0.25) is 0 Å². The number of hydrogen-bond acceptors (Lipinski definition) is 2. The van der Waals surface area contributed by atoms with Crippen LogP contribution in [0.4, 0.5) is 5.69 Å². The average molecular weight is 325 g/mol. The lowest BCUT2D eigenvalue weighted by Crippen LogP contribution is -2.14. The van der Waals surface area contributed by atoms with E-state index in [9.17, 15) is 0 Å². The first-order chi connectivity index (χ1) is 7.66. The molecule has 0 aliphatic carbocycles. The Labute approximate surface area is 113 Å². The van der Waals surface area contributed by atoms with Crippen molar-refractivity contribution in [1.82, 2.24) is 0 Å². The molecule has 2 nitrogen and oxygen atoms in total. The summed E-state index contributed by atoms with van der Waals surface area (Å²) in [4.78, 5) is 0. The quantitative estimate of drug-likeness (QED) is 0.899. The van der Waals surface area contributed by atoms with Crippen LogP contribution in [-0.4, -0.2) is 19.8 Å². The van der Waals surface area contributed by atoms with Crippen molar-refractivity contribution in [2.75, 3.05) is 25.1 Å². The van der Waals surface area contributed by atoms with E-state index in [4.69, 9.17) is 27.9 Å². The maximum atomic E-state index is 6.11. The summed E-state index contributed by atoms with van der Waals surface area (Å²) in [7, 11) is 0. The number of nitrogens with one attached hydrogen (secondary N) is 1. The van der Waals surface area contributed by atoms with Crippen molar-refractivity contribution in [3.63, 3.8) is 0 Å². The average Bonchev–Trinajstić information content (AvgIpc) is 2.68. The normalized spacial score (nSPS) is 20.1. The lowest BCUT2D eigenvalue weighted by Gasteiger charge is -2.13. The fourth-order valence-corrected chi connectivity index (χ4v) is 3.04. The van der Waals surface area contributed by atoms with Gasteiger partial charge in [0.15, 0.2) is 0 Å². The number of benzene rings is 1. The van der Waals surface area contributed by atoms with Crippen molar-refractivity contribution in [1.29, 1.82) is 0 Å². The van der Waals surface area contributed by atoms with Crippen LogP contribution in [0.25, 0.3) is 0 Å². The van der Waals surface area contributed by atoms with Crippen molar-refractivity contribution in [2.45, 2.75) is 6.42 Å². The molecule has 1 atom stereocenters. The topological polar surface area (TPSA) is 21.3 Å². The smallest absolute Gasteiger partial charge is 0.0719 e. The first kappa shape index (κ1) is 12.5. The van der Waals surface area contributed by atoms with Gasteiger partial charge in [0.1, 0.15) is 0 Å². The third kappa shape index (κ3) is 3.04. The zero-order valence-electron chi connectivity index (χ0n) is 8.60. The summed E-state index contributed by atoms with van der Waals surface area (Å²) < 4.78 is 6.20. The Balaban J connectivity index is 2.03. The zero-order valence-corrected chi connectivity index (χ0v) is 11.7. The molecule has 1 unspecified atom stereocenters. The van der Waals surface area contributed by atoms with Gasteiger partial charge in [-0.25, -0.2) is 0 Å². The molecule has 2 rings (SSSR count). The van der Waals surface area contributed by atoms with Gasteiger partial charge in [0, 0.05) is 23.5 Å². The van der Waals surface area contributed by atoms with Crippen molar-refractivity contribution in [3.8, 4) is 0 Å². The van der Waals surface area contributed by atoms with E-state index in [1.807, 2.05) is 12.1 Å². The van der Waals surface area contributed by atoms with Gasteiger partial charge in [-0.2, -0.15) is 0 Å². The van der Waals surface area contributed by atoms with Crippen LogP contribution in [0.5, 0.6) is 0 Å². The Morgan fingerprint density at radius 1 is 1.38 bits per heavy atom. The van der Waals surface area contributed by atoms with E-state index in [0.29, 0.717) is 16.0 Å². The molecule has 1 fully saturated rings. The minimum atomic E-state index is 0.552. The molecule has 0 saturated carbocycles. The van der Waals surface area contributed by atoms with E-state index in [1.54, 1.807) is 0 Å². The maximum Gasteiger partial charge on any atom is 0.0719 e. The Hall–Kier alpha value is 0.0400. The van der Waals surface area contributed by atoms with Gasteiger partial charge in [0.05, 0.1) is 22.3 Å². The highest BCUT2D eigenvalue weighted by atomic mass is 79.9. The van der Waals surface area contributed by atoms with E-state index in [2.05, 4.69) is 21.2 Å². The number of halogens is 3. The minimum Gasteiger partial charge on any atom is -0.382 e. The molecule has 1 saturated heterocycles. The molecule has 0 spiro atoms. The molecule has 1 aliphatic rings. The van der Waals surface area contributed by atoms with Crippen LogP contribution < -0.4 is 5.32 Å². The summed E-state index contributed by atoms with van der Waals surface area (Å²) in [5.74, 6) is 0.552. The van der Waals surface area contributed by atoms with E-state index in [0.717, 1.165) is 36.3 Å². The second-order valence-corrected chi connectivity index (χ2v) is 5.59. The SMILES string of the molecule is Clc1cc(Br)cc(Cl)c1NCC1CCOC1. The first-order valence-electron chi connectivity index (χ1n) is 5.13. The predicted octanol–water partition coefficient (Wildman–Crippen LogP) is 4.20. The molecule has 1 N–H and O–H groups in total. The van der Waals surface area contributed by atoms with Gasteiger partial charge in [0.25, 0.3) is 0 Å². The van der Waals surface area contributed by atoms with Gasteiger partial charge >= 0.3 is 0 Å². The van der Waals surface area contributed by atoms with Gasteiger partial charge in [-0.05, 0) is 18.6 Å². The van der Waals surface area contributed by atoms with Crippen LogP contribution in [0.3, 0.4) is 0 Å². The summed E-state index contributed by atoms with van der Waals surface area (Å²) in [5.41, 5.74) is 0.804. The largest absolute Gasteiger partial charge is 0.382 e. The molecule has 16 heavy (non-hydrogen) atoms. The first-order valence-corrected chi connectivity index (χ1v) is 6.68. The number of anilines is 1. The summed E-state index contributed by atoms with van der Waals surface area (Å²) in [6.45, 7) is 2.52. The lowest BCUT2D eigenvalue weighted by atomic mass is 10.1. The van der Waals surface area contributed by atoms with Crippen LogP contribution >= 0.6 is 39.1 Å². The highest BCUT2D eigenvalue weighted by Crippen LogP contribution is 2.34. The second kappa shape index (κ2) is 5.58. The summed E-state index contributed by atoms with van der Waals surface area (Å²) >= 11 is 15.6. The predicted molar refractivity (Wildman–Crippen MR) is 71.6 cm³/mol. The highest BCUT2D eigenvalue weighted by molar-refractivity contribution is 9.10.